The number of amides is 1. The monoisotopic (exact) mass is 271 g/mol. The average Bonchev–Trinajstić information content (AvgIpc) is 2.22. The molecule has 0 radical (unpaired) electrons. The first-order valence-electron chi connectivity index (χ1n) is 7.46. The summed E-state index contributed by atoms with van der Waals surface area (Å²) < 4.78 is 5.41. The Kier molecular flexibility index (Phi) is 7.65. The van der Waals surface area contributed by atoms with E-state index in [0.29, 0.717) is 25.0 Å². The van der Waals surface area contributed by atoms with Crippen LogP contribution in [0.3, 0.4) is 0 Å². The summed E-state index contributed by atoms with van der Waals surface area (Å²) in [5.74, 6) is 0.129. The molecule has 19 heavy (non-hydrogen) atoms. The Labute approximate surface area is 119 Å². The minimum atomic E-state index is 0.0441. The molecule has 1 N–H and O–H groups in total. The minimum absolute atomic E-state index is 0.0441. The van der Waals surface area contributed by atoms with E-state index in [1.165, 1.54) is 0 Å². The van der Waals surface area contributed by atoms with E-state index in [9.17, 15) is 4.79 Å². The van der Waals surface area contributed by atoms with Gasteiger partial charge in [0.05, 0.1) is 12.7 Å². The van der Waals surface area contributed by atoms with Crippen LogP contribution in [0.1, 0.15) is 67.7 Å². The zero-order chi connectivity index (χ0) is 15.1. The van der Waals surface area contributed by atoms with Crippen LogP contribution in [0.25, 0.3) is 0 Å². The molecule has 1 amide bonds. The SMILES string of the molecule is CCC(C)(C)CC(C)(C)CC(=O)NCCOC(C)C. The van der Waals surface area contributed by atoms with E-state index >= 15 is 0 Å². The number of carbonyl (C=O) groups excluding carboxylic acids is 1. The zero-order valence-corrected chi connectivity index (χ0v) is 13.9. The Hall–Kier alpha value is -0.570. The Bertz CT molecular complexity index is 270. The van der Waals surface area contributed by atoms with Crippen LogP contribution in [0.5, 0.6) is 0 Å². The van der Waals surface area contributed by atoms with Crippen LogP contribution >= 0.6 is 0 Å². The predicted octanol–water partition coefficient (Wildman–Crippen LogP) is 3.77. The van der Waals surface area contributed by atoms with Crippen LogP contribution in [0.2, 0.25) is 0 Å². The van der Waals surface area contributed by atoms with Gasteiger partial charge in [-0.2, -0.15) is 0 Å². The van der Waals surface area contributed by atoms with E-state index < -0.39 is 0 Å². The molecule has 0 aliphatic rings. The zero-order valence-electron chi connectivity index (χ0n) is 13.9. The summed E-state index contributed by atoms with van der Waals surface area (Å²) in [6, 6.07) is 0. The number of ether oxygens (including phenoxy) is 1. The van der Waals surface area contributed by atoms with Crippen molar-refractivity contribution in [1.29, 1.82) is 0 Å². The van der Waals surface area contributed by atoms with E-state index in [1.54, 1.807) is 0 Å². The highest BCUT2D eigenvalue weighted by molar-refractivity contribution is 5.76. The highest BCUT2D eigenvalue weighted by Gasteiger charge is 2.29. The third-order valence-electron chi connectivity index (χ3n) is 3.43. The summed E-state index contributed by atoms with van der Waals surface area (Å²) in [7, 11) is 0. The van der Waals surface area contributed by atoms with E-state index in [1.807, 2.05) is 13.8 Å². The Morgan fingerprint density at radius 2 is 1.74 bits per heavy atom. The van der Waals surface area contributed by atoms with E-state index in [-0.39, 0.29) is 17.4 Å². The van der Waals surface area contributed by atoms with Crippen LogP contribution in [-0.4, -0.2) is 25.2 Å². The average molecular weight is 271 g/mol. The summed E-state index contributed by atoms with van der Waals surface area (Å²) in [6.07, 6.45) is 3.00. The molecule has 0 aromatic carbocycles. The van der Waals surface area contributed by atoms with Gasteiger partial charge in [0.15, 0.2) is 0 Å². The lowest BCUT2D eigenvalue weighted by Gasteiger charge is -2.34. The van der Waals surface area contributed by atoms with Crippen molar-refractivity contribution >= 4 is 5.91 Å². The van der Waals surface area contributed by atoms with Crippen LogP contribution in [0.4, 0.5) is 0 Å². The van der Waals surface area contributed by atoms with Crippen molar-refractivity contribution in [2.24, 2.45) is 10.8 Å². The molecule has 0 unspecified atom stereocenters. The Balaban J connectivity index is 4.03. The summed E-state index contributed by atoms with van der Waals surface area (Å²) in [5.41, 5.74) is 0.340. The largest absolute Gasteiger partial charge is 0.377 e. The number of rotatable bonds is 9. The van der Waals surface area contributed by atoms with Gasteiger partial charge >= 0.3 is 0 Å². The Morgan fingerprint density at radius 1 is 1.16 bits per heavy atom. The standard InChI is InChI=1S/C16H33NO2/c1-8-15(4,5)12-16(6,7)11-14(18)17-9-10-19-13(2)3/h13H,8-12H2,1-7H3,(H,17,18). The van der Waals surface area contributed by atoms with Crippen molar-refractivity contribution in [3.05, 3.63) is 0 Å². The van der Waals surface area contributed by atoms with Crippen LogP contribution in [0, 0.1) is 10.8 Å². The van der Waals surface area contributed by atoms with E-state index in [4.69, 9.17) is 4.74 Å². The number of hydrogen-bond donors (Lipinski definition) is 1. The van der Waals surface area contributed by atoms with Crippen LogP contribution in [-0.2, 0) is 9.53 Å². The maximum Gasteiger partial charge on any atom is 0.220 e. The van der Waals surface area contributed by atoms with Gasteiger partial charge in [-0.15, -0.1) is 0 Å². The molecule has 0 fully saturated rings. The first-order valence-corrected chi connectivity index (χ1v) is 7.46. The second kappa shape index (κ2) is 7.88. The predicted molar refractivity (Wildman–Crippen MR) is 81.2 cm³/mol. The van der Waals surface area contributed by atoms with Crippen LogP contribution in [0.15, 0.2) is 0 Å². The molecule has 114 valence electrons. The molecule has 0 heterocycles. The third-order valence-corrected chi connectivity index (χ3v) is 3.43. The van der Waals surface area contributed by atoms with Gasteiger partial charge < -0.3 is 10.1 Å². The lowest BCUT2D eigenvalue weighted by atomic mass is 9.72. The molecule has 0 saturated heterocycles. The topological polar surface area (TPSA) is 38.3 Å². The smallest absolute Gasteiger partial charge is 0.220 e. The molecular formula is C16H33NO2. The van der Waals surface area contributed by atoms with Crippen molar-refractivity contribution in [2.45, 2.75) is 73.8 Å². The highest BCUT2D eigenvalue weighted by Crippen LogP contribution is 2.37. The summed E-state index contributed by atoms with van der Waals surface area (Å²) in [5, 5.41) is 2.93. The van der Waals surface area contributed by atoms with Gasteiger partial charge in [0.25, 0.3) is 0 Å². The van der Waals surface area contributed by atoms with Crippen LogP contribution < -0.4 is 5.32 Å². The van der Waals surface area contributed by atoms with Crippen molar-refractivity contribution in [2.75, 3.05) is 13.2 Å². The van der Waals surface area contributed by atoms with Gasteiger partial charge in [0.2, 0.25) is 5.91 Å². The molecule has 0 spiro atoms. The molecule has 0 atom stereocenters. The highest BCUT2D eigenvalue weighted by atomic mass is 16.5. The maximum absolute atomic E-state index is 11.9. The van der Waals surface area contributed by atoms with Crippen molar-refractivity contribution in [1.82, 2.24) is 5.32 Å². The normalized spacial score (nSPS) is 12.8. The number of nitrogens with one attached hydrogen (secondary N) is 1. The summed E-state index contributed by atoms with van der Waals surface area (Å²) in [4.78, 5) is 11.9. The Morgan fingerprint density at radius 3 is 2.21 bits per heavy atom. The van der Waals surface area contributed by atoms with Gasteiger partial charge in [0, 0.05) is 13.0 Å². The minimum Gasteiger partial charge on any atom is -0.377 e. The van der Waals surface area contributed by atoms with Crippen molar-refractivity contribution in [3.63, 3.8) is 0 Å². The van der Waals surface area contributed by atoms with Crippen molar-refractivity contribution < 1.29 is 9.53 Å². The first kappa shape index (κ1) is 18.4. The molecule has 0 aromatic heterocycles. The molecule has 3 nitrogen and oxygen atoms in total. The van der Waals surface area contributed by atoms with E-state index in [2.05, 4.69) is 39.9 Å². The number of carbonyl (C=O) groups is 1. The third kappa shape index (κ3) is 9.94. The van der Waals surface area contributed by atoms with Gasteiger partial charge in [-0.3, -0.25) is 4.79 Å². The molecule has 0 aromatic rings. The number of hydrogen-bond acceptors (Lipinski definition) is 2. The molecule has 0 bridgehead atoms. The molecular weight excluding hydrogens is 238 g/mol. The first-order chi connectivity index (χ1) is 8.58. The van der Waals surface area contributed by atoms with Gasteiger partial charge in [0.1, 0.15) is 0 Å². The lowest BCUT2D eigenvalue weighted by Crippen LogP contribution is -2.33. The fourth-order valence-electron chi connectivity index (χ4n) is 2.47. The lowest BCUT2D eigenvalue weighted by molar-refractivity contribution is -0.123. The molecule has 0 rings (SSSR count). The fraction of sp³-hybridized carbons (Fsp3) is 0.938. The molecule has 0 aliphatic carbocycles. The van der Waals surface area contributed by atoms with Gasteiger partial charge in [-0.25, -0.2) is 0 Å². The molecule has 0 saturated carbocycles. The van der Waals surface area contributed by atoms with Gasteiger partial charge in [-0.05, 0) is 31.1 Å². The van der Waals surface area contributed by atoms with Crippen molar-refractivity contribution in [3.8, 4) is 0 Å². The summed E-state index contributed by atoms with van der Waals surface area (Å²) >= 11 is 0. The second-order valence-corrected chi connectivity index (χ2v) is 7.31. The van der Waals surface area contributed by atoms with Gasteiger partial charge in [-0.1, -0.05) is 41.0 Å². The van der Waals surface area contributed by atoms with E-state index in [0.717, 1.165) is 12.8 Å². The molecule has 0 aliphatic heterocycles. The quantitative estimate of drug-likeness (QED) is 0.648. The fourth-order valence-corrected chi connectivity index (χ4v) is 2.47. The molecule has 3 heteroatoms. The second-order valence-electron chi connectivity index (χ2n) is 7.31. The maximum atomic E-state index is 11.9. The summed E-state index contributed by atoms with van der Waals surface area (Å²) in [6.45, 7) is 16.3.